The Morgan fingerprint density at radius 1 is 1.07 bits per heavy atom. The van der Waals surface area contributed by atoms with Gasteiger partial charge in [-0.3, -0.25) is 0 Å². The first kappa shape index (κ1) is 12.4. The van der Waals surface area contributed by atoms with E-state index in [1.807, 2.05) is 39.0 Å². The van der Waals surface area contributed by atoms with Gasteiger partial charge in [-0.15, -0.1) is 11.6 Å². The normalized spacial score (nSPS) is 15.1. The molecule has 2 atom stereocenters. The summed E-state index contributed by atoms with van der Waals surface area (Å²) in [7, 11) is 0. The molecule has 0 N–H and O–H groups in total. The summed E-state index contributed by atoms with van der Waals surface area (Å²) in [5.74, 6) is 1.26. The fourth-order valence-electron chi connectivity index (χ4n) is 1.47. The van der Waals surface area contributed by atoms with Crippen LogP contribution in [0.15, 0.2) is 24.3 Å². The van der Waals surface area contributed by atoms with E-state index < -0.39 is 0 Å². The van der Waals surface area contributed by atoms with Crippen LogP contribution < -0.4 is 4.74 Å². The van der Waals surface area contributed by atoms with Crippen molar-refractivity contribution in [2.75, 3.05) is 0 Å². The van der Waals surface area contributed by atoms with Crippen molar-refractivity contribution in [3.8, 4) is 5.75 Å². The van der Waals surface area contributed by atoms with Gasteiger partial charge in [-0.1, -0.05) is 25.1 Å². The zero-order chi connectivity index (χ0) is 11.4. The first-order valence-electron chi connectivity index (χ1n) is 5.42. The second kappa shape index (κ2) is 5.41. The molecular weight excluding hydrogens is 208 g/mol. The molecule has 15 heavy (non-hydrogen) atoms. The van der Waals surface area contributed by atoms with Crippen molar-refractivity contribution in [3.05, 3.63) is 29.8 Å². The highest BCUT2D eigenvalue weighted by Crippen LogP contribution is 2.31. The van der Waals surface area contributed by atoms with Crippen molar-refractivity contribution >= 4 is 11.6 Å². The number of alkyl halides is 1. The monoisotopic (exact) mass is 226 g/mol. The number of ether oxygens (including phenoxy) is 1. The van der Waals surface area contributed by atoms with Crippen LogP contribution in [0.5, 0.6) is 5.75 Å². The van der Waals surface area contributed by atoms with E-state index in [0.29, 0.717) is 5.92 Å². The summed E-state index contributed by atoms with van der Waals surface area (Å²) in [6.45, 7) is 8.20. The number of para-hydroxylation sites is 1. The van der Waals surface area contributed by atoms with E-state index in [-0.39, 0.29) is 11.5 Å². The van der Waals surface area contributed by atoms with E-state index in [9.17, 15) is 0 Å². The highest BCUT2D eigenvalue weighted by molar-refractivity contribution is 6.20. The Labute approximate surface area is 97.4 Å². The standard InChI is InChI=1S/C13H19ClO/c1-9(2)15-13-8-6-5-7-12(13)10(3)11(4)14/h5-11H,1-4H3. The summed E-state index contributed by atoms with van der Waals surface area (Å²) in [6, 6.07) is 8.11. The van der Waals surface area contributed by atoms with Crippen molar-refractivity contribution < 1.29 is 4.74 Å². The third-order valence-corrected chi connectivity index (χ3v) is 2.84. The Bertz CT molecular complexity index is 307. The Morgan fingerprint density at radius 2 is 1.67 bits per heavy atom. The van der Waals surface area contributed by atoms with Crippen LogP contribution in [0.3, 0.4) is 0 Å². The van der Waals surface area contributed by atoms with Crippen molar-refractivity contribution in [1.29, 1.82) is 0 Å². The molecule has 1 aromatic rings. The molecule has 0 amide bonds. The van der Waals surface area contributed by atoms with Crippen LogP contribution in [0.1, 0.15) is 39.2 Å². The summed E-state index contributed by atoms with van der Waals surface area (Å²) in [6.07, 6.45) is 0.198. The van der Waals surface area contributed by atoms with Crippen LogP contribution in [0.25, 0.3) is 0 Å². The highest BCUT2D eigenvalue weighted by atomic mass is 35.5. The largest absolute Gasteiger partial charge is 0.491 e. The van der Waals surface area contributed by atoms with Gasteiger partial charge in [0.15, 0.2) is 0 Å². The number of hydrogen-bond donors (Lipinski definition) is 0. The van der Waals surface area contributed by atoms with Gasteiger partial charge in [0.25, 0.3) is 0 Å². The minimum atomic E-state index is 0.113. The third kappa shape index (κ3) is 3.42. The number of rotatable bonds is 4. The molecule has 0 saturated carbocycles. The van der Waals surface area contributed by atoms with E-state index in [0.717, 1.165) is 5.75 Å². The Morgan fingerprint density at radius 3 is 2.20 bits per heavy atom. The number of benzene rings is 1. The lowest BCUT2D eigenvalue weighted by Crippen LogP contribution is -2.11. The minimum Gasteiger partial charge on any atom is -0.491 e. The topological polar surface area (TPSA) is 9.23 Å². The molecule has 0 spiro atoms. The second-order valence-corrected chi connectivity index (χ2v) is 4.86. The summed E-state index contributed by atoms with van der Waals surface area (Å²) < 4.78 is 5.76. The molecule has 0 aliphatic rings. The summed E-state index contributed by atoms with van der Waals surface area (Å²) in [4.78, 5) is 0. The molecule has 0 bridgehead atoms. The lowest BCUT2D eigenvalue weighted by molar-refractivity contribution is 0.239. The third-order valence-electron chi connectivity index (χ3n) is 2.46. The zero-order valence-electron chi connectivity index (χ0n) is 9.83. The lowest BCUT2D eigenvalue weighted by Gasteiger charge is -2.20. The number of halogens is 1. The molecule has 0 aliphatic carbocycles. The SMILES string of the molecule is CC(C)Oc1ccccc1C(C)C(C)Cl. The van der Waals surface area contributed by atoms with Crippen LogP contribution in [0.2, 0.25) is 0 Å². The summed E-state index contributed by atoms with van der Waals surface area (Å²) in [5.41, 5.74) is 1.19. The Balaban J connectivity index is 2.95. The molecule has 1 aromatic carbocycles. The van der Waals surface area contributed by atoms with Gasteiger partial charge in [-0.05, 0) is 32.4 Å². The maximum Gasteiger partial charge on any atom is 0.123 e. The fraction of sp³-hybridized carbons (Fsp3) is 0.538. The van der Waals surface area contributed by atoms with E-state index in [4.69, 9.17) is 16.3 Å². The maximum absolute atomic E-state index is 6.12. The van der Waals surface area contributed by atoms with E-state index in [1.165, 1.54) is 5.56 Å². The molecule has 1 nitrogen and oxygen atoms in total. The highest BCUT2D eigenvalue weighted by Gasteiger charge is 2.16. The van der Waals surface area contributed by atoms with Crippen LogP contribution in [0, 0.1) is 0 Å². The van der Waals surface area contributed by atoms with E-state index in [1.54, 1.807) is 0 Å². The van der Waals surface area contributed by atoms with Gasteiger partial charge in [-0.2, -0.15) is 0 Å². The fourth-order valence-corrected chi connectivity index (χ4v) is 1.60. The molecular formula is C13H19ClO. The van der Waals surface area contributed by atoms with Gasteiger partial charge in [0.1, 0.15) is 5.75 Å². The molecule has 2 unspecified atom stereocenters. The van der Waals surface area contributed by atoms with E-state index in [2.05, 4.69) is 13.0 Å². The Hall–Kier alpha value is -0.690. The minimum absolute atomic E-state index is 0.113. The molecule has 0 aliphatic heterocycles. The van der Waals surface area contributed by atoms with Crippen LogP contribution in [-0.4, -0.2) is 11.5 Å². The van der Waals surface area contributed by atoms with Gasteiger partial charge in [0.05, 0.1) is 6.10 Å². The summed E-state index contributed by atoms with van der Waals surface area (Å²) in [5, 5.41) is 0.113. The van der Waals surface area contributed by atoms with Crippen molar-refractivity contribution in [3.63, 3.8) is 0 Å². The summed E-state index contributed by atoms with van der Waals surface area (Å²) >= 11 is 6.12. The average Bonchev–Trinajstić information content (AvgIpc) is 2.16. The quantitative estimate of drug-likeness (QED) is 0.699. The van der Waals surface area contributed by atoms with Crippen LogP contribution in [0.4, 0.5) is 0 Å². The van der Waals surface area contributed by atoms with Crippen LogP contribution >= 0.6 is 11.6 Å². The first-order chi connectivity index (χ1) is 7.02. The smallest absolute Gasteiger partial charge is 0.123 e. The number of hydrogen-bond acceptors (Lipinski definition) is 1. The predicted molar refractivity (Wildman–Crippen MR) is 65.9 cm³/mol. The molecule has 1 rings (SSSR count). The molecule has 0 radical (unpaired) electrons. The van der Waals surface area contributed by atoms with Gasteiger partial charge < -0.3 is 4.74 Å². The maximum atomic E-state index is 6.12. The zero-order valence-corrected chi connectivity index (χ0v) is 10.6. The molecule has 0 aromatic heterocycles. The molecule has 0 saturated heterocycles. The van der Waals surface area contributed by atoms with E-state index >= 15 is 0 Å². The predicted octanol–water partition coefficient (Wildman–Crippen LogP) is 4.20. The van der Waals surface area contributed by atoms with Gasteiger partial charge in [0.2, 0.25) is 0 Å². The van der Waals surface area contributed by atoms with Gasteiger partial charge in [0, 0.05) is 11.3 Å². The lowest BCUT2D eigenvalue weighted by atomic mass is 9.97. The van der Waals surface area contributed by atoms with Gasteiger partial charge in [-0.25, -0.2) is 0 Å². The van der Waals surface area contributed by atoms with Gasteiger partial charge >= 0.3 is 0 Å². The molecule has 0 heterocycles. The molecule has 84 valence electrons. The Kier molecular flexibility index (Phi) is 4.46. The van der Waals surface area contributed by atoms with Crippen molar-refractivity contribution in [1.82, 2.24) is 0 Å². The first-order valence-corrected chi connectivity index (χ1v) is 5.85. The second-order valence-electron chi connectivity index (χ2n) is 4.17. The molecule has 0 fully saturated rings. The average molecular weight is 227 g/mol. The molecule has 2 heteroatoms. The van der Waals surface area contributed by atoms with Crippen molar-refractivity contribution in [2.24, 2.45) is 0 Å². The van der Waals surface area contributed by atoms with Crippen LogP contribution in [-0.2, 0) is 0 Å². The van der Waals surface area contributed by atoms with Crippen molar-refractivity contribution in [2.45, 2.75) is 45.1 Å².